The highest BCUT2D eigenvalue weighted by Crippen LogP contribution is 2.65. The van der Waals surface area contributed by atoms with Crippen LogP contribution >= 0.6 is 0 Å². The van der Waals surface area contributed by atoms with E-state index in [1.54, 1.807) is 10.9 Å². The van der Waals surface area contributed by atoms with E-state index >= 15 is 0 Å². The largest absolute Gasteiger partial charge is 0.352 e. The molecule has 4 aliphatic rings. The number of rotatable bonds is 6. The molecule has 4 fully saturated rings. The Morgan fingerprint density at radius 1 is 1.30 bits per heavy atom. The topological polar surface area (TPSA) is 108 Å². The molecule has 9 nitrogen and oxygen atoms in total. The number of aryl methyl sites for hydroxylation is 2. The van der Waals surface area contributed by atoms with Gasteiger partial charge in [0.25, 0.3) is 0 Å². The summed E-state index contributed by atoms with van der Waals surface area (Å²) in [5.74, 6) is 1.23. The first-order valence-electron chi connectivity index (χ1n) is 10.7. The maximum absolute atomic E-state index is 12.9. The molecule has 0 saturated heterocycles. The number of carbonyl (C=O) groups excluding carboxylic acids is 1. The molecule has 4 bridgehead atoms. The van der Waals surface area contributed by atoms with Gasteiger partial charge in [0.05, 0.1) is 16.2 Å². The molecule has 0 spiro atoms. The smallest absolute Gasteiger partial charge is 0.307 e. The van der Waals surface area contributed by atoms with E-state index in [9.17, 15) is 14.9 Å². The van der Waals surface area contributed by atoms with Gasteiger partial charge in [0.2, 0.25) is 5.91 Å². The molecule has 2 atom stereocenters. The third kappa shape index (κ3) is 3.20. The first-order chi connectivity index (χ1) is 14.3. The molecule has 6 rings (SSSR count). The number of carbonyl (C=O) groups is 1. The summed E-state index contributed by atoms with van der Waals surface area (Å²) in [7, 11) is 1.88. The lowest BCUT2D eigenvalue weighted by molar-refractivity contribution is -0.385. The van der Waals surface area contributed by atoms with E-state index < -0.39 is 0 Å². The Balaban J connectivity index is 1.33. The van der Waals surface area contributed by atoms with Crippen LogP contribution in [0, 0.1) is 34.3 Å². The zero-order valence-electron chi connectivity index (χ0n) is 17.5. The number of nitrogens with zero attached hydrogens (tertiary/aromatic N) is 5. The van der Waals surface area contributed by atoms with Crippen LogP contribution in [0.2, 0.25) is 0 Å². The predicted molar refractivity (Wildman–Crippen MR) is 108 cm³/mol. The molecule has 0 radical (unpaired) electrons. The van der Waals surface area contributed by atoms with Crippen molar-refractivity contribution >= 4 is 11.6 Å². The van der Waals surface area contributed by atoms with Crippen LogP contribution in [-0.4, -0.2) is 30.4 Å². The summed E-state index contributed by atoms with van der Waals surface area (Å²) in [6.07, 6.45) is 11.7. The van der Waals surface area contributed by atoms with Crippen LogP contribution in [-0.2, 0) is 23.9 Å². The number of hydrogen-bond acceptors (Lipinski definition) is 5. The highest BCUT2D eigenvalue weighted by molar-refractivity contribution is 5.76. The second-order valence-corrected chi connectivity index (χ2v) is 9.95. The number of nitro groups is 1. The first kappa shape index (κ1) is 19.3. The van der Waals surface area contributed by atoms with Crippen molar-refractivity contribution in [3.8, 4) is 0 Å². The van der Waals surface area contributed by atoms with Gasteiger partial charge in [0, 0.05) is 31.8 Å². The molecule has 4 saturated carbocycles. The van der Waals surface area contributed by atoms with Gasteiger partial charge in [-0.15, -0.1) is 0 Å². The van der Waals surface area contributed by atoms with Crippen molar-refractivity contribution in [2.75, 3.05) is 0 Å². The lowest BCUT2D eigenvalue weighted by atomic mass is 9.46. The maximum Gasteiger partial charge on any atom is 0.307 e. The van der Waals surface area contributed by atoms with Crippen molar-refractivity contribution in [2.24, 2.45) is 24.3 Å². The van der Waals surface area contributed by atoms with E-state index in [0.717, 1.165) is 43.4 Å². The molecular weight excluding hydrogens is 384 g/mol. The third-order valence-electron chi connectivity index (χ3n) is 7.54. The zero-order valence-corrected chi connectivity index (χ0v) is 17.5. The monoisotopic (exact) mass is 412 g/mol. The van der Waals surface area contributed by atoms with Crippen LogP contribution in [0.1, 0.15) is 56.2 Å². The Hall–Kier alpha value is -2.71. The number of nitrogens with one attached hydrogen (secondary N) is 1. The van der Waals surface area contributed by atoms with Crippen molar-refractivity contribution in [3.05, 3.63) is 40.0 Å². The fourth-order valence-electron chi connectivity index (χ4n) is 6.96. The molecule has 9 heteroatoms. The summed E-state index contributed by atoms with van der Waals surface area (Å²) in [4.78, 5) is 23.7. The Labute approximate surface area is 175 Å². The van der Waals surface area contributed by atoms with Crippen molar-refractivity contribution in [3.63, 3.8) is 0 Å². The van der Waals surface area contributed by atoms with Crippen LogP contribution in [0.5, 0.6) is 0 Å². The highest BCUT2D eigenvalue weighted by Gasteiger charge is 2.59. The minimum Gasteiger partial charge on any atom is -0.352 e. The molecule has 2 heterocycles. The second-order valence-electron chi connectivity index (χ2n) is 9.95. The molecule has 0 aromatic carbocycles. The molecular formula is C21H28N6O3. The number of aromatic nitrogens is 4. The van der Waals surface area contributed by atoms with Crippen LogP contribution < -0.4 is 5.32 Å². The molecule has 2 aromatic heterocycles. The van der Waals surface area contributed by atoms with Gasteiger partial charge in [-0.25, -0.2) is 0 Å². The SMILES string of the molecule is Cc1nn(C)cc1CNC(=O)CC12CC3CC(C1)CC(n1cc([N+](=O)[O-])cn1)(C3)C2. The van der Waals surface area contributed by atoms with E-state index in [0.29, 0.717) is 24.8 Å². The summed E-state index contributed by atoms with van der Waals surface area (Å²) in [5, 5.41) is 23.0. The van der Waals surface area contributed by atoms with Crippen LogP contribution in [0.3, 0.4) is 0 Å². The van der Waals surface area contributed by atoms with E-state index in [1.807, 2.05) is 24.9 Å². The van der Waals surface area contributed by atoms with Gasteiger partial charge in [-0.2, -0.15) is 10.2 Å². The summed E-state index contributed by atoms with van der Waals surface area (Å²) in [6.45, 7) is 2.45. The van der Waals surface area contributed by atoms with Gasteiger partial charge in [0.15, 0.2) is 0 Å². The predicted octanol–water partition coefficient (Wildman–Crippen LogP) is 2.84. The molecule has 0 aliphatic heterocycles. The van der Waals surface area contributed by atoms with Crippen molar-refractivity contribution in [1.82, 2.24) is 24.9 Å². The van der Waals surface area contributed by atoms with Gasteiger partial charge in [-0.3, -0.25) is 24.3 Å². The van der Waals surface area contributed by atoms with Crippen LogP contribution in [0.4, 0.5) is 5.69 Å². The van der Waals surface area contributed by atoms with E-state index in [2.05, 4.69) is 15.5 Å². The summed E-state index contributed by atoms with van der Waals surface area (Å²) < 4.78 is 3.62. The Bertz CT molecular complexity index is 994. The average molecular weight is 412 g/mol. The van der Waals surface area contributed by atoms with Gasteiger partial charge in [-0.1, -0.05) is 0 Å². The standard InChI is InChI=1S/C21H28N6O3/c1-14-17(11-25(2)24-14)9-22-19(28)8-20-4-15-3-16(5-20)7-21(6-15,13-20)26-12-18(10-23-26)27(29)30/h10-12,15-16H,3-9,13H2,1-2H3,(H,22,28). The zero-order chi connectivity index (χ0) is 21.1. The maximum atomic E-state index is 12.9. The highest BCUT2D eigenvalue weighted by atomic mass is 16.6. The fourth-order valence-corrected chi connectivity index (χ4v) is 6.96. The Morgan fingerprint density at radius 2 is 2.03 bits per heavy atom. The first-order valence-corrected chi connectivity index (χ1v) is 10.7. The lowest BCUT2D eigenvalue weighted by Gasteiger charge is -2.61. The Kier molecular flexibility index (Phi) is 4.27. The molecule has 4 aliphatic carbocycles. The quantitative estimate of drug-likeness (QED) is 0.580. The van der Waals surface area contributed by atoms with Crippen molar-refractivity contribution in [2.45, 2.75) is 64.0 Å². The lowest BCUT2D eigenvalue weighted by Crippen LogP contribution is -2.57. The fraction of sp³-hybridized carbons (Fsp3) is 0.667. The molecule has 2 aromatic rings. The molecule has 30 heavy (non-hydrogen) atoms. The average Bonchev–Trinajstić information content (AvgIpc) is 3.25. The number of hydrogen-bond donors (Lipinski definition) is 1. The normalized spacial score (nSPS) is 31.8. The van der Waals surface area contributed by atoms with E-state index in [1.165, 1.54) is 12.6 Å². The summed E-state index contributed by atoms with van der Waals surface area (Å²) >= 11 is 0. The van der Waals surface area contributed by atoms with Crippen molar-refractivity contribution < 1.29 is 9.72 Å². The van der Waals surface area contributed by atoms with Gasteiger partial charge in [-0.05, 0) is 62.7 Å². The summed E-state index contributed by atoms with van der Waals surface area (Å²) in [5.41, 5.74) is 1.81. The van der Waals surface area contributed by atoms with E-state index in [4.69, 9.17) is 0 Å². The minimum absolute atomic E-state index is 0.0289. The molecule has 1 N–H and O–H groups in total. The van der Waals surface area contributed by atoms with Gasteiger partial charge in [0.1, 0.15) is 12.4 Å². The number of amides is 1. The van der Waals surface area contributed by atoms with Crippen LogP contribution in [0.15, 0.2) is 18.6 Å². The van der Waals surface area contributed by atoms with E-state index in [-0.39, 0.29) is 27.5 Å². The van der Waals surface area contributed by atoms with Crippen molar-refractivity contribution in [1.29, 1.82) is 0 Å². The molecule has 2 unspecified atom stereocenters. The molecule has 160 valence electrons. The summed E-state index contributed by atoms with van der Waals surface area (Å²) in [6, 6.07) is 0. The Morgan fingerprint density at radius 3 is 2.63 bits per heavy atom. The van der Waals surface area contributed by atoms with Gasteiger partial charge >= 0.3 is 5.69 Å². The van der Waals surface area contributed by atoms with Gasteiger partial charge < -0.3 is 5.32 Å². The third-order valence-corrected chi connectivity index (χ3v) is 7.54. The van der Waals surface area contributed by atoms with Crippen LogP contribution in [0.25, 0.3) is 0 Å². The second kappa shape index (κ2) is 6.65. The minimum atomic E-state index is -0.381. The molecule has 1 amide bonds.